The van der Waals surface area contributed by atoms with Gasteiger partial charge in [-0.3, -0.25) is 0 Å². The molecule has 154 valence electrons. The summed E-state index contributed by atoms with van der Waals surface area (Å²) in [4.78, 5) is 0. The second-order valence-electron chi connectivity index (χ2n) is 8.96. The van der Waals surface area contributed by atoms with Gasteiger partial charge in [0.05, 0.1) is 11.0 Å². The zero-order valence-electron chi connectivity index (χ0n) is 17.9. The maximum atomic E-state index is 6.42. The quantitative estimate of drug-likeness (QED) is 0.261. The SMILES string of the molecule is c1ccc2c(c1)oc1c3c(ccc12)Cc1ccc(-n2c4ccccc4c4ccccc42)cc1-3. The summed E-state index contributed by atoms with van der Waals surface area (Å²) in [5.74, 6) is 0. The van der Waals surface area contributed by atoms with Crippen molar-refractivity contribution in [2.45, 2.75) is 6.42 Å². The number of hydrogen-bond donors (Lipinski definition) is 0. The highest BCUT2D eigenvalue weighted by Gasteiger charge is 2.25. The molecule has 0 fully saturated rings. The van der Waals surface area contributed by atoms with Gasteiger partial charge in [-0.25, -0.2) is 0 Å². The summed E-state index contributed by atoms with van der Waals surface area (Å²) in [6, 6.07) is 37.1. The van der Waals surface area contributed by atoms with E-state index < -0.39 is 0 Å². The number of furan rings is 1. The van der Waals surface area contributed by atoms with E-state index in [0.717, 1.165) is 17.6 Å². The van der Waals surface area contributed by atoms with Crippen LogP contribution in [0.15, 0.2) is 108 Å². The molecule has 0 unspecified atom stereocenters. The van der Waals surface area contributed by atoms with Crippen molar-refractivity contribution in [2.24, 2.45) is 0 Å². The maximum absolute atomic E-state index is 6.42. The molecule has 0 atom stereocenters. The van der Waals surface area contributed by atoms with Crippen LogP contribution in [-0.4, -0.2) is 4.57 Å². The number of rotatable bonds is 1. The lowest BCUT2D eigenvalue weighted by Crippen LogP contribution is -1.94. The summed E-state index contributed by atoms with van der Waals surface area (Å²) in [6.07, 6.45) is 0.950. The molecular weight excluding hydrogens is 402 g/mol. The Labute approximate surface area is 190 Å². The largest absolute Gasteiger partial charge is 0.455 e. The molecule has 0 aliphatic heterocycles. The molecule has 2 nitrogen and oxygen atoms in total. The monoisotopic (exact) mass is 421 g/mol. The summed E-state index contributed by atoms with van der Waals surface area (Å²) in [6.45, 7) is 0. The van der Waals surface area contributed by atoms with Crippen LogP contribution in [0.2, 0.25) is 0 Å². The van der Waals surface area contributed by atoms with Crippen LogP contribution in [-0.2, 0) is 6.42 Å². The third-order valence-electron chi connectivity index (χ3n) is 7.22. The van der Waals surface area contributed by atoms with E-state index in [4.69, 9.17) is 4.42 Å². The fraction of sp³-hybridized carbons (Fsp3) is 0.0323. The Kier molecular flexibility index (Phi) is 3.22. The first-order chi connectivity index (χ1) is 16.4. The van der Waals surface area contributed by atoms with E-state index in [9.17, 15) is 0 Å². The number of benzene rings is 5. The molecule has 0 spiro atoms. The Morgan fingerprint density at radius 3 is 2.03 bits per heavy atom. The minimum atomic E-state index is 0.950. The third kappa shape index (κ3) is 2.22. The molecule has 33 heavy (non-hydrogen) atoms. The van der Waals surface area contributed by atoms with E-state index in [2.05, 4.69) is 102 Å². The molecule has 0 radical (unpaired) electrons. The first-order valence-electron chi connectivity index (χ1n) is 11.4. The number of aromatic nitrogens is 1. The number of nitrogens with zero attached hydrogens (tertiary/aromatic N) is 1. The molecule has 8 rings (SSSR count). The van der Waals surface area contributed by atoms with Gasteiger partial charge in [0.2, 0.25) is 0 Å². The van der Waals surface area contributed by atoms with E-state index in [0.29, 0.717) is 0 Å². The lowest BCUT2D eigenvalue weighted by Gasteiger charge is -2.10. The van der Waals surface area contributed by atoms with Crippen LogP contribution in [0, 0.1) is 0 Å². The molecule has 5 aromatic carbocycles. The topological polar surface area (TPSA) is 18.1 Å². The highest BCUT2D eigenvalue weighted by atomic mass is 16.3. The predicted molar refractivity (Wildman–Crippen MR) is 136 cm³/mol. The van der Waals surface area contributed by atoms with Gasteiger partial charge in [0.25, 0.3) is 0 Å². The molecule has 0 bridgehead atoms. The Morgan fingerprint density at radius 2 is 1.24 bits per heavy atom. The van der Waals surface area contributed by atoms with Crippen LogP contribution in [0.4, 0.5) is 0 Å². The molecular formula is C31H19NO. The van der Waals surface area contributed by atoms with E-state index >= 15 is 0 Å². The van der Waals surface area contributed by atoms with Gasteiger partial charge >= 0.3 is 0 Å². The molecule has 2 heteroatoms. The van der Waals surface area contributed by atoms with Crippen LogP contribution in [0.25, 0.3) is 60.6 Å². The molecule has 2 heterocycles. The van der Waals surface area contributed by atoms with Crippen molar-refractivity contribution in [2.75, 3.05) is 0 Å². The minimum Gasteiger partial charge on any atom is -0.455 e. The average molecular weight is 421 g/mol. The Bertz CT molecular complexity index is 1850. The molecule has 7 aromatic rings. The fourth-order valence-electron chi connectivity index (χ4n) is 5.77. The molecule has 0 N–H and O–H groups in total. The summed E-state index contributed by atoms with van der Waals surface area (Å²) in [5.41, 5.74) is 10.9. The smallest absolute Gasteiger partial charge is 0.143 e. The van der Waals surface area contributed by atoms with Crippen molar-refractivity contribution in [3.8, 4) is 16.8 Å². The molecule has 0 saturated heterocycles. The number of para-hydroxylation sites is 3. The standard InChI is InChI=1S/C31H19NO/c1-4-10-27-22(7-1)23-8-2-5-11-28(23)32(27)21-15-13-19-17-20-14-16-25-24-9-3-6-12-29(24)33-31(25)30(20)26(19)18-21/h1-16,18H,17H2. The van der Waals surface area contributed by atoms with Crippen molar-refractivity contribution in [1.29, 1.82) is 0 Å². The molecule has 1 aliphatic rings. The van der Waals surface area contributed by atoms with Crippen molar-refractivity contribution >= 4 is 43.7 Å². The van der Waals surface area contributed by atoms with E-state index in [-0.39, 0.29) is 0 Å². The summed E-state index contributed by atoms with van der Waals surface area (Å²) in [7, 11) is 0. The van der Waals surface area contributed by atoms with E-state index in [1.807, 2.05) is 6.07 Å². The summed E-state index contributed by atoms with van der Waals surface area (Å²) < 4.78 is 8.81. The Balaban J connectivity index is 1.44. The zero-order valence-corrected chi connectivity index (χ0v) is 17.9. The van der Waals surface area contributed by atoms with Crippen molar-refractivity contribution in [1.82, 2.24) is 4.57 Å². The van der Waals surface area contributed by atoms with Crippen LogP contribution in [0.3, 0.4) is 0 Å². The van der Waals surface area contributed by atoms with Crippen LogP contribution >= 0.6 is 0 Å². The van der Waals surface area contributed by atoms with Crippen molar-refractivity contribution in [3.05, 3.63) is 114 Å². The van der Waals surface area contributed by atoms with E-state index in [1.54, 1.807) is 0 Å². The highest BCUT2D eigenvalue weighted by molar-refractivity contribution is 6.12. The molecule has 0 amide bonds. The second-order valence-corrected chi connectivity index (χ2v) is 8.96. The normalized spacial score (nSPS) is 12.7. The Hall–Kier alpha value is -4.30. The van der Waals surface area contributed by atoms with Gasteiger partial charge in [0.15, 0.2) is 0 Å². The zero-order chi connectivity index (χ0) is 21.5. The predicted octanol–water partition coefficient (Wildman–Crippen LogP) is 8.25. The van der Waals surface area contributed by atoms with Gasteiger partial charge in [-0.05, 0) is 53.4 Å². The van der Waals surface area contributed by atoms with Gasteiger partial charge in [0.1, 0.15) is 11.2 Å². The lowest BCUT2D eigenvalue weighted by atomic mass is 10.0. The third-order valence-corrected chi connectivity index (χ3v) is 7.22. The lowest BCUT2D eigenvalue weighted by molar-refractivity contribution is 0.670. The summed E-state index contributed by atoms with van der Waals surface area (Å²) >= 11 is 0. The van der Waals surface area contributed by atoms with Gasteiger partial charge in [-0.15, -0.1) is 0 Å². The van der Waals surface area contributed by atoms with Crippen molar-refractivity contribution < 1.29 is 4.42 Å². The second kappa shape index (κ2) is 6.14. The maximum Gasteiger partial charge on any atom is 0.143 e. The van der Waals surface area contributed by atoms with Gasteiger partial charge in [-0.1, -0.05) is 72.8 Å². The van der Waals surface area contributed by atoms with Gasteiger partial charge in [-0.2, -0.15) is 0 Å². The molecule has 2 aromatic heterocycles. The number of fused-ring (bicyclic) bond motifs is 10. The average Bonchev–Trinajstić information content (AvgIpc) is 3.52. The highest BCUT2D eigenvalue weighted by Crippen LogP contribution is 2.45. The van der Waals surface area contributed by atoms with Crippen LogP contribution in [0.5, 0.6) is 0 Å². The van der Waals surface area contributed by atoms with Gasteiger partial charge in [0, 0.05) is 32.8 Å². The van der Waals surface area contributed by atoms with Crippen LogP contribution in [0.1, 0.15) is 11.1 Å². The molecule has 1 aliphatic carbocycles. The summed E-state index contributed by atoms with van der Waals surface area (Å²) in [5, 5.41) is 4.95. The first-order valence-corrected chi connectivity index (χ1v) is 11.4. The van der Waals surface area contributed by atoms with Gasteiger partial charge < -0.3 is 8.98 Å². The molecule has 0 saturated carbocycles. The minimum absolute atomic E-state index is 0.950. The van der Waals surface area contributed by atoms with Crippen LogP contribution < -0.4 is 0 Å². The Morgan fingerprint density at radius 1 is 0.576 bits per heavy atom. The number of hydrogen-bond acceptors (Lipinski definition) is 1. The first kappa shape index (κ1) is 17.3. The van der Waals surface area contributed by atoms with E-state index in [1.165, 1.54) is 60.5 Å². The fourth-order valence-corrected chi connectivity index (χ4v) is 5.77. The van der Waals surface area contributed by atoms with Crippen molar-refractivity contribution in [3.63, 3.8) is 0 Å².